The quantitative estimate of drug-likeness (QED) is 0.663. The van der Waals surface area contributed by atoms with Crippen LogP contribution in [0.2, 0.25) is 0 Å². The normalized spacial score (nSPS) is 16.1. The van der Waals surface area contributed by atoms with Gasteiger partial charge in [-0.1, -0.05) is 31.9 Å². The van der Waals surface area contributed by atoms with Crippen molar-refractivity contribution in [1.29, 1.82) is 0 Å². The Bertz CT molecular complexity index is 68.9. The van der Waals surface area contributed by atoms with Gasteiger partial charge in [-0.15, -0.1) is 0 Å². The lowest BCUT2D eigenvalue weighted by molar-refractivity contribution is 0.0277. The van der Waals surface area contributed by atoms with Gasteiger partial charge in [0, 0.05) is 12.3 Å². The molecule has 0 aliphatic carbocycles. The molecular weight excluding hydrogens is 246 g/mol. The largest absolute Gasteiger partial charge is 0.258 e. The first kappa shape index (κ1) is 8.82. The molecule has 0 fully saturated rings. The molecule has 0 heterocycles. The van der Waals surface area contributed by atoms with Crippen LogP contribution in [-0.2, 0) is 0 Å². The van der Waals surface area contributed by atoms with Crippen LogP contribution in [0.25, 0.3) is 0 Å². The molecule has 0 aromatic rings. The summed E-state index contributed by atoms with van der Waals surface area (Å²) in [5, 5.41) is 0.274. The standard InChI is InChI=1S/C4H6Br2F2/c1-4(7,8)3(6)2-5/h3H,2H2,1H3. The third-order valence-corrected chi connectivity index (χ3v) is 3.33. The van der Waals surface area contributed by atoms with Crippen LogP contribution in [0, 0.1) is 0 Å². The Labute approximate surface area is 63.9 Å². The van der Waals surface area contributed by atoms with Crippen molar-refractivity contribution in [3.63, 3.8) is 0 Å². The molecule has 0 saturated heterocycles. The third kappa shape index (κ3) is 2.97. The van der Waals surface area contributed by atoms with Gasteiger partial charge < -0.3 is 0 Å². The molecule has 50 valence electrons. The van der Waals surface area contributed by atoms with Gasteiger partial charge in [-0.2, -0.15) is 0 Å². The van der Waals surface area contributed by atoms with Gasteiger partial charge in [0.15, 0.2) is 0 Å². The second kappa shape index (κ2) is 3.11. The van der Waals surface area contributed by atoms with Crippen LogP contribution in [0.3, 0.4) is 0 Å². The van der Waals surface area contributed by atoms with Crippen molar-refractivity contribution < 1.29 is 8.78 Å². The molecule has 8 heavy (non-hydrogen) atoms. The lowest BCUT2D eigenvalue weighted by Gasteiger charge is -2.13. The Hall–Kier alpha value is 0.820. The minimum atomic E-state index is -2.62. The predicted octanol–water partition coefficient (Wildman–Crippen LogP) is 2.80. The third-order valence-electron chi connectivity index (χ3n) is 0.685. The summed E-state index contributed by atoms with van der Waals surface area (Å²) >= 11 is 5.72. The van der Waals surface area contributed by atoms with E-state index in [1.165, 1.54) is 0 Å². The Kier molecular flexibility index (Phi) is 3.43. The maximum Gasteiger partial charge on any atom is 0.258 e. The van der Waals surface area contributed by atoms with Gasteiger partial charge >= 0.3 is 0 Å². The first-order chi connectivity index (χ1) is 3.48. The zero-order valence-electron chi connectivity index (χ0n) is 4.30. The number of rotatable bonds is 2. The molecule has 0 aromatic carbocycles. The van der Waals surface area contributed by atoms with Crippen LogP contribution < -0.4 is 0 Å². The van der Waals surface area contributed by atoms with Gasteiger partial charge in [-0.25, -0.2) is 8.78 Å². The minimum Gasteiger partial charge on any atom is -0.206 e. The highest BCUT2D eigenvalue weighted by Gasteiger charge is 2.30. The van der Waals surface area contributed by atoms with Crippen LogP contribution in [-0.4, -0.2) is 16.1 Å². The van der Waals surface area contributed by atoms with Crippen LogP contribution >= 0.6 is 31.9 Å². The molecule has 0 aliphatic heterocycles. The van der Waals surface area contributed by atoms with E-state index in [-0.39, 0.29) is 5.33 Å². The molecule has 0 nitrogen and oxygen atoms in total. The van der Waals surface area contributed by atoms with E-state index >= 15 is 0 Å². The SMILES string of the molecule is CC(F)(F)C(Br)CBr. The molecule has 0 spiro atoms. The molecule has 0 amide bonds. The van der Waals surface area contributed by atoms with Crippen molar-refractivity contribution in [2.75, 3.05) is 5.33 Å². The smallest absolute Gasteiger partial charge is 0.206 e. The average Bonchev–Trinajstić information content (AvgIpc) is 1.62. The summed E-state index contributed by atoms with van der Waals surface area (Å²) in [5.41, 5.74) is 0. The van der Waals surface area contributed by atoms with Gasteiger partial charge in [-0.05, 0) is 0 Å². The van der Waals surface area contributed by atoms with Crippen molar-refractivity contribution in [2.45, 2.75) is 17.7 Å². The van der Waals surface area contributed by atoms with E-state index in [0.717, 1.165) is 6.92 Å². The molecule has 0 rings (SSSR count). The van der Waals surface area contributed by atoms with E-state index in [4.69, 9.17) is 0 Å². The highest BCUT2D eigenvalue weighted by molar-refractivity contribution is 9.12. The van der Waals surface area contributed by atoms with Gasteiger partial charge in [0.2, 0.25) is 0 Å². The number of hydrogen-bond donors (Lipinski definition) is 0. The number of halogens is 4. The number of hydrogen-bond acceptors (Lipinski definition) is 0. The molecule has 0 radical (unpaired) electrons. The summed E-state index contributed by atoms with van der Waals surface area (Å²) in [5.74, 6) is -2.62. The number of alkyl halides is 4. The summed E-state index contributed by atoms with van der Waals surface area (Å²) in [4.78, 5) is -0.755. The predicted molar refractivity (Wildman–Crippen MR) is 37.1 cm³/mol. The first-order valence-corrected chi connectivity index (χ1v) is 4.10. The fraction of sp³-hybridized carbons (Fsp3) is 1.00. The van der Waals surface area contributed by atoms with E-state index in [0.29, 0.717) is 0 Å². The molecule has 1 atom stereocenters. The Morgan fingerprint density at radius 2 is 2.00 bits per heavy atom. The molecule has 0 saturated carbocycles. The van der Waals surface area contributed by atoms with E-state index in [1.54, 1.807) is 0 Å². The molecule has 4 heteroatoms. The molecule has 0 bridgehead atoms. The summed E-state index contributed by atoms with van der Waals surface area (Å²) in [7, 11) is 0. The molecule has 0 aromatic heterocycles. The average molecular weight is 252 g/mol. The monoisotopic (exact) mass is 250 g/mol. The molecule has 1 unspecified atom stereocenters. The fourth-order valence-electron chi connectivity index (χ4n) is 0.135. The van der Waals surface area contributed by atoms with Crippen molar-refractivity contribution in [3.8, 4) is 0 Å². The summed E-state index contributed by atoms with van der Waals surface area (Å²) in [6.07, 6.45) is 0. The Balaban J connectivity index is 3.62. The maximum atomic E-state index is 12.0. The summed E-state index contributed by atoms with van der Waals surface area (Å²) < 4.78 is 24.1. The molecule has 0 aliphatic rings. The van der Waals surface area contributed by atoms with Crippen molar-refractivity contribution in [2.24, 2.45) is 0 Å². The summed E-state index contributed by atoms with van der Waals surface area (Å²) in [6, 6.07) is 0. The van der Waals surface area contributed by atoms with Crippen molar-refractivity contribution >= 4 is 31.9 Å². The fourth-order valence-corrected chi connectivity index (χ4v) is 0.704. The van der Waals surface area contributed by atoms with Crippen LogP contribution in [0.5, 0.6) is 0 Å². The van der Waals surface area contributed by atoms with Gasteiger partial charge in [0.25, 0.3) is 5.92 Å². The zero-order valence-corrected chi connectivity index (χ0v) is 7.47. The van der Waals surface area contributed by atoms with E-state index in [9.17, 15) is 8.78 Å². The van der Waals surface area contributed by atoms with Crippen LogP contribution in [0.15, 0.2) is 0 Å². The topological polar surface area (TPSA) is 0 Å². The Morgan fingerprint density at radius 1 is 1.62 bits per heavy atom. The lowest BCUT2D eigenvalue weighted by atomic mass is 10.3. The highest BCUT2D eigenvalue weighted by Crippen LogP contribution is 2.24. The highest BCUT2D eigenvalue weighted by atomic mass is 79.9. The maximum absolute atomic E-state index is 12.0. The zero-order chi connectivity index (χ0) is 6.78. The molecule has 0 N–H and O–H groups in total. The van der Waals surface area contributed by atoms with E-state index < -0.39 is 10.7 Å². The minimum absolute atomic E-state index is 0.274. The Morgan fingerprint density at radius 3 is 2.00 bits per heavy atom. The van der Waals surface area contributed by atoms with Gasteiger partial charge in [0.1, 0.15) is 0 Å². The summed E-state index contributed by atoms with van der Waals surface area (Å²) in [6.45, 7) is 0.883. The van der Waals surface area contributed by atoms with E-state index in [2.05, 4.69) is 31.9 Å². The van der Waals surface area contributed by atoms with Crippen LogP contribution in [0.4, 0.5) is 8.78 Å². The lowest BCUT2D eigenvalue weighted by Crippen LogP contribution is -2.25. The molecular formula is C4H6Br2F2. The van der Waals surface area contributed by atoms with Gasteiger partial charge in [-0.3, -0.25) is 0 Å². The first-order valence-electron chi connectivity index (χ1n) is 2.06. The van der Waals surface area contributed by atoms with Gasteiger partial charge in [0.05, 0.1) is 4.83 Å². The van der Waals surface area contributed by atoms with Crippen molar-refractivity contribution in [1.82, 2.24) is 0 Å². The second-order valence-electron chi connectivity index (χ2n) is 1.58. The van der Waals surface area contributed by atoms with E-state index in [1.807, 2.05) is 0 Å². The van der Waals surface area contributed by atoms with Crippen molar-refractivity contribution in [3.05, 3.63) is 0 Å². The van der Waals surface area contributed by atoms with Crippen LogP contribution in [0.1, 0.15) is 6.92 Å². The second-order valence-corrected chi connectivity index (χ2v) is 3.33.